The van der Waals surface area contributed by atoms with Gasteiger partial charge in [-0.05, 0) is 37.5 Å². The summed E-state index contributed by atoms with van der Waals surface area (Å²) in [7, 11) is 0. The first-order chi connectivity index (χ1) is 28.6. The summed E-state index contributed by atoms with van der Waals surface area (Å²) in [4.78, 5) is 132. The lowest BCUT2D eigenvalue weighted by molar-refractivity contribution is -0.147. The van der Waals surface area contributed by atoms with Crippen LogP contribution in [0.5, 0.6) is 5.75 Å². The Labute approximate surface area is 349 Å². The topological polar surface area (TPSA) is 396 Å². The molecule has 24 heteroatoms. The molecule has 8 atom stereocenters. The number of carboxylic acid groups (broad SMARTS) is 2. The number of H-pyrrole nitrogens is 1. The SMILES string of the molecule is CC[C@H](C)[C@H](NC(=O)[C@H](C)NC(=O)[C@H](C)NC(=O)[C@H](CC(N)=O)NC(=O)[C@@H](N)Cc1cnc[nH]1)C(=O)NCC(=O)N[C@@H](Cc1ccc(O)cc1)C(=O)N[C@@H](CC(=O)O)C(=O)O. The zero-order chi connectivity index (χ0) is 46.0. The minimum atomic E-state index is -1.83. The summed E-state index contributed by atoms with van der Waals surface area (Å²) in [5, 5.41) is 44.5. The van der Waals surface area contributed by atoms with Crippen molar-refractivity contribution in [2.75, 3.05) is 6.54 Å². The molecule has 8 amide bonds. The first-order valence-corrected chi connectivity index (χ1v) is 18.9. The molecule has 61 heavy (non-hydrogen) atoms. The van der Waals surface area contributed by atoms with Crippen LogP contribution in [0.2, 0.25) is 0 Å². The number of hydrogen-bond donors (Lipinski definition) is 13. The van der Waals surface area contributed by atoms with E-state index in [0.29, 0.717) is 17.7 Å². The zero-order valence-corrected chi connectivity index (χ0v) is 33.9. The number of benzene rings is 1. The Kier molecular flexibility index (Phi) is 19.8. The van der Waals surface area contributed by atoms with Gasteiger partial charge in [-0.15, -0.1) is 0 Å². The molecular weight excluding hydrogens is 806 g/mol. The number of rotatable bonds is 25. The van der Waals surface area contributed by atoms with Gasteiger partial charge < -0.3 is 69.0 Å². The van der Waals surface area contributed by atoms with Crippen molar-refractivity contribution in [1.29, 1.82) is 0 Å². The van der Waals surface area contributed by atoms with Gasteiger partial charge in [0, 0.05) is 24.7 Å². The Morgan fingerprint density at radius 2 is 1.28 bits per heavy atom. The third kappa shape index (κ3) is 17.3. The van der Waals surface area contributed by atoms with E-state index < -0.39 is 127 Å². The van der Waals surface area contributed by atoms with Crippen LogP contribution in [0.15, 0.2) is 36.8 Å². The molecule has 0 radical (unpaired) electrons. The van der Waals surface area contributed by atoms with Gasteiger partial charge >= 0.3 is 11.9 Å². The number of primary amides is 1. The number of nitrogens with zero attached hydrogens (tertiary/aromatic N) is 1. The molecule has 1 aromatic carbocycles. The first kappa shape index (κ1) is 50.0. The van der Waals surface area contributed by atoms with Crippen molar-refractivity contribution in [1.82, 2.24) is 47.2 Å². The van der Waals surface area contributed by atoms with Gasteiger partial charge in [-0.3, -0.25) is 43.2 Å². The van der Waals surface area contributed by atoms with Crippen LogP contribution in [0.1, 0.15) is 58.2 Å². The van der Waals surface area contributed by atoms with E-state index in [1.165, 1.54) is 50.6 Å². The summed E-state index contributed by atoms with van der Waals surface area (Å²) in [6, 6.07) is -4.30. The average Bonchev–Trinajstić information content (AvgIpc) is 3.71. The summed E-state index contributed by atoms with van der Waals surface area (Å²) < 4.78 is 0. The molecule has 0 unspecified atom stereocenters. The van der Waals surface area contributed by atoms with Crippen molar-refractivity contribution in [2.24, 2.45) is 17.4 Å². The molecule has 334 valence electrons. The van der Waals surface area contributed by atoms with Gasteiger partial charge in [-0.2, -0.15) is 0 Å². The number of carbonyl (C=O) groups is 10. The molecule has 0 saturated heterocycles. The lowest BCUT2D eigenvalue weighted by Crippen LogP contribution is -2.59. The monoisotopic (exact) mass is 859 g/mol. The maximum Gasteiger partial charge on any atom is 0.326 e. The van der Waals surface area contributed by atoms with Crippen molar-refractivity contribution < 1.29 is 63.3 Å². The molecule has 1 heterocycles. The van der Waals surface area contributed by atoms with E-state index >= 15 is 0 Å². The summed E-state index contributed by atoms with van der Waals surface area (Å²) in [6.45, 7) is 5.19. The molecule has 1 aromatic heterocycles. The number of carbonyl (C=O) groups excluding carboxylic acids is 8. The highest BCUT2D eigenvalue weighted by atomic mass is 16.4. The van der Waals surface area contributed by atoms with Crippen molar-refractivity contribution in [2.45, 2.75) is 102 Å². The molecule has 0 aliphatic carbocycles. The van der Waals surface area contributed by atoms with Gasteiger partial charge in [0.05, 0.1) is 31.8 Å². The van der Waals surface area contributed by atoms with E-state index in [1.54, 1.807) is 13.8 Å². The van der Waals surface area contributed by atoms with Crippen LogP contribution in [0.25, 0.3) is 0 Å². The number of aliphatic carboxylic acids is 2. The van der Waals surface area contributed by atoms with Gasteiger partial charge in [0.1, 0.15) is 42.0 Å². The van der Waals surface area contributed by atoms with Crippen molar-refractivity contribution >= 4 is 59.2 Å². The van der Waals surface area contributed by atoms with Crippen LogP contribution in [0.3, 0.4) is 0 Å². The Bertz CT molecular complexity index is 1890. The highest BCUT2D eigenvalue weighted by Crippen LogP contribution is 2.12. The van der Waals surface area contributed by atoms with E-state index in [4.69, 9.17) is 16.6 Å². The molecule has 0 aliphatic heterocycles. The number of aromatic hydroxyl groups is 1. The Morgan fingerprint density at radius 3 is 1.82 bits per heavy atom. The average molecular weight is 860 g/mol. The minimum Gasteiger partial charge on any atom is -0.508 e. The second-order valence-corrected chi connectivity index (χ2v) is 14.2. The van der Waals surface area contributed by atoms with Gasteiger partial charge in [0.25, 0.3) is 0 Å². The number of phenolic OH excluding ortho intramolecular Hbond substituents is 1. The van der Waals surface area contributed by atoms with Crippen molar-refractivity contribution in [3.8, 4) is 5.75 Å². The summed E-state index contributed by atoms with van der Waals surface area (Å²) in [5.41, 5.74) is 12.1. The lowest BCUT2D eigenvalue weighted by Gasteiger charge is -2.26. The van der Waals surface area contributed by atoms with Crippen LogP contribution in [-0.4, -0.2) is 133 Å². The van der Waals surface area contributed by atoms with E-state index in [1.807, 2.05) is 0 Å². The summed E-state index contributed by atoms with van der Waals surface area (Å²) in [5.74, 6) is -10.9. The maximum atomic E-state index is 13.3. The zero-order valence-electron chi connectivity index (χ0n) is 33.9. The Hall–Kier alpha value is -7.11. The number of nitrogens with one attached hydrogen (secondary N) is 8. The van der Waals surface area contributed by atoms with Gasteiger partial charge in [0.15, 0.2) is 0 Å². The predicted molar refractivity (Wildman–Crippen MR) is 211 cm³/mol. The lowest BCUT2D eigenvalue weighted by atomic mass is 9.98. The van der Waals surface area contributed by atoms with E-state index in [0.717, 1.165) is 0 Å². The van der Waals surface area contributed by atoms with E-state index in [9.17, 15) is 58.2 Å². The Morgan fingerprint density at radius 1 is 0.705 bits per heavy atom. The Balaban J connectivity index is 2.05. The smallest absolute Gasteiger partial charge is 0.326 e. The van der Waals surface area contributed by atoms with E-state index in [-0.39, 0.29) is 18.6 Å². The molecule has 15 N–H and O–H groups in total. The van der Waals surface area contributed by atoms with E-state index in [2.05, 4.69) is 47.2 Å². The van der Waals surface area contributed by atoms with Gasteiger partial charge in [-0.1, -0.05) is 32.4 Å². The normalized spacial score (nSPS) is 14.8. The molecule has 0 aliphatic rings. The molecular formula is C37H53N11O13. The van der Waals surface area contributed by atoms with Crippen LogP contribution in [0, 0.1) is 5.92 Å². The number of hydrogen-bond acceptors (Lipinski definition) is 13. The second-order valence-electron chi connectivity index (χ2n) is 14.2. The number of aromatic nitrogens is 2. The molecule has 2 rings (SSSR count). The third-order valence-corrected chi connectivity index (χ3v) is 9.11. The number of phenols is 1. The fraction of sp³-hybridized carbons (Fsp3) is 0.486. The van der Waals surface area contributed by atoms with Crippen LogP contribution >= 0.6 is 0 Å². The van der Waals surface area contributed by atoms with Crippen molar-refractivity contribution in [3.63, 3.8) is 0 Å². The standard InChI is InChI=1S/C37H53N11O13/c1-5-17(2)30(36(59)41-15-28(51)45-24(10-20-6-8-22(49)9-7-20)35(58)47-26(37(60)61)13-29(52)53)48-32(55)19(4)43-31(54)18(3)44-34(57)25(12-27(39)50)46-33(56)23(38)11-21-14-40-16-42-21/h6-9,14,16-19,23-26,30,49H,5,10-13,15,38H2,1-4H3,(H2,39,50)(H,40,42)(H,41,59)(H,43,54)(H,44,57)(H,45,51)(H,46,56)(H,47,58)(H,48,55)(H,52,53)(H,60,61)/t17-,18-,19-,23-,24-,25-,26-,30-/m0/s1. The minimum absolute atomic E-state index is 0.0324. The van der Waals surface area contributed by atoms with Crippen molar-refractivity contribution in [3.05, 3.63) is 48.0 Å². The van der Waals surface area contributed by atoms with Crippen LogP contribution in [-0.2, 0) is 60.8 Å². The molecule has 0 spiro atoms. The number of amides is 8. The predicted octanol–water partition coefficient (Wildman–Crippen LogP) is -4.23. The number of aromatic amines is 1. The molecule has 0 saturated carbocycles. The highest BCUT2D eigenvalue weighted by Gasteiger charge is 2.32. The van der Waals surface area contributed by atoms with Gasteiger partial charge in [0.2, 0.25) is 47.3 Å². The number of carboxylic acids is 2. The second kappa shape index (κ2) is 24.1. The van der Waals surface area contributed by atoms with Gasteiger partial charge in [-0.25, -0.2) is 9.78 Å². The van der Waals surface area contributed by atoms with Crippen LogP contribution in [0.4, 0.5) is 0 Å². The molecule has 24 nitrogen and oxygen atoms in total. The first-order valence-electron chi connectivity index (χ1n) is 18.9. The number of imidazole rings is 1. The largest absolute Gasteiger partial charge is 0.508 e. The highest BCUT2D eigenvalue weighted by molar-refractivity contribution is 5.98. The third-order valence-electron chi connectivity index (χ3n) is 9.11. The fourth-order valence-electron chi connectivity index (χ4n) is 5.43. The fourth-order valence-corrected chi connectivity index (χ4v) is 5.43. The molecule has 0 bridgehead atoms. The molecule has 0 fully saturated rings. The summed E-state index contributed by atoms with van der Waals surface area (Å²) in [6.07, 6.45) is 1.42. The summed E-state index contributed by atoms with van der Waals surface area (Å²) >= 11 is 0. The number of nitrogens with two attached hydrogens (primary N) is 2. The molecule has 2 aromatic rings. The quantitative estimate of drug-likeness (QED) is 0.0450. The van der Waals surface area contributed by atoms with Crippen LogP contribution < -0.4 is 48.7 Å². The maximum absolute atomic E-state index is 13.3.